The summed E-state index contributed by atoms with van der Waals surface area (Å²) in [4.78, 5) is 13.3. The molecule has 0 aromatic carbocycles. The van der Waals surface area contributed by atoms with Gasteiger partial charge in [0.15, 0.2) is 5.78 Å². The van der Waals surface area contributed by atoms with E-state index in [1.165, 1.54) is 5.57 Å². The van der Waals surface area contributed by atoms with Gasteiger partial charge in [-0.3, -0.25) is 4.79 Å². The second-order valence-electron chi connectivity index (χ2n) is 15.5. The molecule has 4 saturated carbocycles. The standard InChI is InChI=1S/C31H50O4/c1-26(2)12-14-31(24(34)18-32)15-13-29(6)19(20(31)16-26)8-9-23-28(5)17-21(33)25(35)27(3,4)22(28)10-11-30(23,29)7/h8,20-23,25,32-33,35H,9-18H2,1-7H3/t20-,21+,22-,23+,25-,28-,29+,30+,31-/m0/s1. The summed E-state index contributed by atoms with van der Waals surface area (Å²) in [7, 11) is 0. The molecule has 0 radical (unpaired) electrons. The molecule has 9 atom stereocenters. The van der Waals surface area contributed by atoms with E-state index >= 15 is 0 Å². The van der Waals surface area contributed by atoms with Crippen LogP contribution in [-0.4, -0.2) is 39.9 Å². The maximum Gasteiger partial charge on any atom is 0.164 e. The fraction of sp³-hybridized carbons (Fsp3) is 0.903. The van der Waals surface area contributed by atoms with Crippen molar-refractivity contribution in [3.63, 3.8) is 0 Å². The third-order valence-electron chi connectivity index (χ3n) is 13.3. The SMILES string of the molecule is CC1(C)CC[C@]2(C(=O)CO)CC[C@]3(C)C(=CC[C@@H]4[C@@]5(C)C[C@@H](O)[C@H](O)C(C)(C)[C@@H]5CC[C@]43C)[C@@H]2C1. The Morgan fingerprint density at radius 3 is 2.23 bits per heavy atom. The molecule has 198 valence electrons. The van der Waals surface area contributed by atoms with Gasteiger partial charge in [-0.1, -0.05) is 60.1 Å². The van der Waals surface area contributed by atoms with Gasteiger partial charge >= 0.3 is 0 Å². The summed E-state index contributed by atoms with van der Waals surface area (Å²) < 4.78 is 0. The van der Waals surface area contributed by atoms with Crippen molar-refractivity contribution in [2.75, 3.05) is 6.61 Å². The van der Waals surface area contributed by atoms with Crippen molar-refractivity contribution in [2.45, 2.75) is 118 Å². The van der Waals surface area contributed by atoms with E-state index in [2.05, 4.69) is 54.5 Å². The van der Waals surface area contributed by atoms with Gasteiger partial charge in [0.2, 0.25) is 0 Å². The third kappa shape index (κ3) is 3.18. The maximum atomic E-state index is 13.3. The Kier molecular flexibility index (Phi) is 5.68. The Morgan fingerprint density at radius 2 is 1.57 bits per heavy atom. The van der Waals surface area contributed by atoms with Crippen LogP contribution in [-0.2, 0) is 4.79 Å². The van der Waals surface area contributed by atoms with Crippen molar-refractivity contribution in [1.29, 1.82) is 0 Å². The number of carbonyl (C=O) groups is 1. The number of rotatable bonds is 2. The Hall–Kier alpha value is -0.710. The molecule has 0 spiro atoms. The van der Waals surface area contributed by atoms with Crippen molar-refractivity contribution in [1.82, 2.24) is 0 Å². The number of Topliss-reactive ketones (excluding diaryl/α,β-unsaturated/α-hetero) is 1. The highest BCUT2D eigenvalue weighted by Gasteiger charge is 2.69. The molecule has 35 heavy (non-hydrogen) atoms. The highest BCUT2D eigenvalue weighted by molar-refractivity contribution is 5.87. The summed E-state index contributed by atoms with van der Waals surface area (Å²) in [6.45, 7) is 16.1. The predicted molar refractivity (Wildman–Crippen MR) is 139 cm³/mol. The van der Waals surface area contributed by atoms with Gasteiger partial charge in [-0.05, 0) is 103 Å². The van der Waals surface area contributed by atoms with E-state index in [0.717, 1.165) is 51.4 Å². The Labute approximate surface area is 213 Å². The van der Waals surface area contributed by atoms with E-state index in [1.54, 1.807) is 0 Å². The van der Waals surface area contributed by atoms with Crippen LogP contribution in [0.2, 0.25) is 0 Å². The highest BCUT2D eigenvalue weighted by Crippen LogP contribution is 2.75. The van der Waals surface area contributed by atoms with Crippen LogP contribution in [0.5, 0.6) is 0 Å². The molecular formula is C31H50O4. The van der Waals surface area contributed by atoms with Crippen molar-refractivity contribution >= 4 is 5.78 Å². The number of hydrogen-bond donors (Lipinski definition) is 3. The average Bonchev–Trinajstić information content (AvgIpc) is 2.77. The second kappa shape index (κ2) is 7.67. The van der Waals surface area contributed by atoms with E-state index < -0.39 is 17.6 Å². The first-order valence-corrected chi connectivity index (χ1v) is 14.3. The molecule has 4 fully saturated rings. The molecule has 0 bridgehead atoms. The lowest BCUT2D eigenvalue weighted by atomic mass is 9.33. The van der Waals surface area contributed by atoms with Crippen molar-refractivity contribution in [3.8, 4) is 0 Å². The maximum absolute atomic E-state index is 13.3. The van der Waals surface area contributed by atoms with Crippen LogP contribution in [0, 0.1) is 50.2 Å². The van der Waals surface area contributed by atoms with Crippen LogP contribution in [0.1, 0.15) is 106 Å². The van der Waals surface area contributed by atoms with Crippen LogP contribution in [0.15, 0.2) is 11.6 Å². The van der Waals surface area contributed by atoms with Crippen LogP contribution in [0.4, 0.5) is 0 Å². The lowest BCUT2D eigenvalue weighted by Gasteiger charge is -2.71. The molecule has 5 rings (SSSR count). The van der Waals surface area contributed by atoms with E-state index in [-0.39, 0.29) is 45.4 Å². The van der Waals surface area contributed by atoms with E-state index in [4.69, 9.17) is 0 Å². The van der Waals surface area contributed by atoms with Crippen molar-refractivity contribution in [2.24, 2.45) is 50.2 Å². The van der Waals surface area contributed by atoms with Crippen LogP contribution in [0.3, 0.4) is 0 Å². The van der Waals surface area contributed by atoms with Gasteiger partial charge in [0.25, 0.3) is 0 Å². The lowest BCUT2D eigenvalue weighted by Crippen LogP contribution is -2.67. The summed E-state index contributed by atoms with van der Waals surface area (Å²) in [5.74, 6) is 1.12. The summed E-state index contributed by atoms with van der Waals surface area (Å²) in [5, 5.41) is 31.9. The Morgan fingerprint density at radius 1 is 0.914 bits per heavy atom. The number of ketones is 1. The minimum Gasteiger partial charge on any atom is -0.390 e. The predicted octanol–water partition coefficient (Wildman–Crippen LogP) is 5.68. The van der Waals surface area contributed by atoms with Crippen LogP contribution < -0.4 is 0 Å². The molecular weight excluding hydrogens is 436 g/mol. The summed E-state index contributed by atoms with van der Waals surface area (Å²) >= 11 is 0. The van der Waals surface area contributed by atoms with Crippen molar-refractivity contribution in [3.05, 3.63) is 11.6 Å². The van der Waals surface area contributed by atoms with Gasteiger partial charge in [0.05, 0.1) is 12.2 Å². The number of fused-ring (bicyclic) bond motifs is 7. The second-order valence-corrected chi connectivity index (χ2v) is 15.5. The zero-order chi connectivity index (χ0) is 25.8. The third-order valence-corrected chi connectivity index (χ3v) is 13.3. The van der Waals surface area contributed by atoms with Crippen LogP contribution >= 0.6 is 0 Å². The van der Waals surface area contributed by atoms with Gasteiger partial charge < -0.3 is 15.3 Å². The van der Waals surface area contributed by atoms with E-state index in [1.807, 2.05) is 0 Å². The summed E-state index contributed by atoms with van der Waals surface area (Å²) in [6, 6.07) is 0. The molecule has 3 N–H and O–H groups in total. The van der Waals surface area contributed by atoms with Gasteiger partial charge in [0, 0.05) is 5.41 Å². The summed E-state index contributed by atoms with van der Waals surface area (Å²) in [5.41, 5.74) is 1.10. The molecule has 0 saturated heterocycles. The van der Waals surface area contributed by atoms with Crippen LogP contribution in [0.25, 0.3) is 0 Å². The van der Waals surface area contributed by atoms with E-state index in [9.17, 15) is 20.1 Å². The first-order valence-electron chi connectivity index (χ1n) is 14.3. The first-order chi connectivity index (χ1) is 16.1. The number of allylic oxidation sites excluding steroid dienone is 2. The average molecular weight is 487 g/mol. The quantitative estimate of drug-likeness (QED) is 0.439. The molecule has 0 heterocycles. The minimum absolute atomic E-state index is 0.0202. The topological polar surface area (TPSA) is 77.8 Å². The molecule has 0 aromatic rings. The smallest absolute Gasteiger partial charge is 0.164 e. The van der Waals surface area contributed by atoms with Gasteiger partial charge in [-0.2, -0.15) is 0 Å². The molecule has 5 aliphatic rings. The molecule has 5 aliphatic carbocycles. The Balaban J connectivity index is 1.61. The van der Waals surface area contributed by atoms with Gasteiger partial charge in [-0.25, -0.2) is 0 Å². The molecule has 0 amide bonds. The molecule has 4 nitrogen and oxygen atoms in total. The number of hydrogen-bond acceptors (Lipinski definition) is 4. The zero-order valence-corrected chi connectivity index (χ0v) is 23.3. The first kappa shape index (κ1) is 25.9. The molecule has 0 aliphatic heterocycles. The van der Waals surface area contributed by atoms with Crippen molar-refractivity contribution < 1.29 is 20.1 Å². The molecule has 0 unspecified atom stereocenters. The highest BCUT2D eigenvalue weighted by atomic mass is 16.3. The largest absolute Gasteiger partial charge is 0.390 e. The Bertz CT molecular complexity index is 934. The van der Waals surface area contributed by atoms with Gasteiger partial charge in [0.1, 0.15) is 6.61 Å². The van der Waals surface area contributed by atoms with Gasteiger partial charge in [-0.15, -0.1) is 0 Å². The molecule has 4 heteroatoms. The fourth-order valence-electron chi connectivity index (χ4n) is 11.0. The lowest BCUT2D eigenvalue weighted by molar-refractivity contribution is -0.231. The van der Waals surface area contributed by atoms with E-state index in [0.29, 0.717) is 18.3 Å². The number of aliphatic hydroxyl groups is 3. The monoisotopic (exact) mass is 486 g/mol. The number of aliphatic hydroxyl groups excluding tert-OH is 3. The minimum atomic E-state index is -0.674. The molecule has 0 aromatic heterocycles. The zero-order valence-electron chi connectivity index (χ0n) is 23.3. The normalized spacial score (nSPS) is 52.3. The summed E-state index contributed by atoms with van der Waals surface area (Å²) in [6.07, 6.45) is 9.93. The fourth-order valence-corrected chi connectivity index (χ4v) is 11.0. The number of carbonyl (C=O) groups excluding carboxylic acids is 1.